The van der Waals surface area contributed by atoms with E-state index in [9.17, 15) is 10.1 Å². The Morgan fingerprint density at radius 3 is 2.24 bits per heavy atom. The molecule has 1 aliphatic heterocycles. The molecule has 0 unspecified atom stereocenters. The predicted octanol–water partition coefficient (Wildman–Crippen LogP) is 2.40. The first-order valence-electron chi connectivity index (χ1n) is 8.42. The van der Waals surface area contributed by atoms with E-state index in [1.807, 2.05) is 17.0 Å². The summed E-state index contributed by atoms with van der Waals surface area (Å²) in [5.74, 6) is 0.514. The van der Waals surface area contributed by atoms with Crippen molar-refractivity contribution in [2.45, 2.75) is 38.5 Å². The molecule has 1 fully saturated rings. The van der Waals surface area contributed by atoms with E-state index in [0.717, 1.165) is 38.8 Å². The maximum atomic E-state index is 11.8. The summed E-state index contributed by atoms with van der Waals surface area (Å²) in [6, 6.07) is 4.06. The molecule has 0 aromatic carbocycles. The van der Waals surface area contributed by atoms with E-state index < -0.39 is 4.92 Å². The zero-order valence-electron chi connectivity index (χ0n) is 14.1. The molecule has 0 N–H and O–H groups in total. The Labute approximate surface area is 146 Å². The Morgan fingerprint density at radius 1 is 1.12 bits per heavy atom. The van der Waals surface area contributed by atoms with Gasteiger partial charge in [-0.1, -0.05) is 12.8 Å². The second-order valence-corrected chi connectivity index (χ2v) is 5.83. The van der Waals surface area contributed by atoms with Crippen molar-refractivity contribution in [3.63, 3.8) is 0 Å². The SMILES string of the molecule is N#CCCN(CCC#N)c1ncnc(N2CCCCCC2)c1[N+](=O)[O-]. The van der Waals surface area contributed by atoms with Crippen LogP contribution in [0.5, 0.6) is 0 Å². The standard InChI is InChI=1S/C16H21N7O2/c17-7-5-11-22(12-6-8-18)16-14(23(24)25)15(19-13-20-16)21-9-3-1-2-4-10-21/h13H,1-6,9-12H2. The summed E-state index contributed by atoms with van der Waals surface area (Å²) < 4.78 is 0. The largest absolute Gasteiger partial charge is 0.353 e. The number of anilines is 2. The highest BCUT2D eigenvalue weighted by atomic mass is 16.6. The molecule has 1 saturated heterocycles. The topological polar surface area (TPSA) is 123 Å². The Morgan fingerprint density at radius 2 is 1.72 bits per heavy atom. The summed E-state index contributed by atoms with van der Waals surface area (Å²) in [5.41, 5.74) is -0.139. The summed E-state index contributed by atoms with van der Waals surface area (Å²) in [7, 11) is 0. The van der Waals surface area contributed by atoms with Crippen LogP contribution in [0.1, 0.15) is 38.5 Å². The number of hydrogen-bond donors (Lipinski definition) is 0. The third kappa shape index (κ3) is 4.77. The minimum Gasteiger partial charge on any atom is -0.351 e. The lowest BCUT2D eigenvalue weighted by Gasteiger charge is -2.25. The fraction of sp³-hybridized carbons (Fsp3) is 0.625. The van der Waals surface area contributed by atoms with Gasteiger partial charge in [-0.2, -0.15) is 10.5 Å². The van der Waals surface area contributed by atoms with Gasteiger partial charge < -0.3 is 9.80 Å². The lowest BCUT2D eigenvalue weighted by atomic mass is 10.2. The maximum absolute atomic E-state index is 11.8. The Balaban J connectivity index is 2.42. The van der Waals surface area contributed by atoms with Gasteiger partial charge in [0, 0.05) is 26.2 Å². The summed E-state index contributed by atoms with van der Waals surface area (Å²) in [5, 5.41) is 29.4. The van der Waals surface area contributed by atoms with E-state index in [4.69, 9.17) is 10.5 Å². The smallest absolute Gasteiger partial charge is 0.351 e. The van der Waals surface area contributed by atoms with Gasteiger partial charge >= 0.3 is 5.69 Å². The molecular weight excluding hydrogens is 322 g/mol. The van der Waals surface area contributed by atoms with Gasteiger partial charge in [0.25, 0.3) is 0 Å². The van der Waals surface area contributed by atoms with E-state index in [-0.39, 0.29) is 37.4 Å². The van der Waals surface area contributed by atoms with Gasteiger partial charge in [0.2, 0.25) is 11.6 Å². The molecule has 1 aromatic heterocycles. The van der Waals surface area contributed by atoms with Gasteiger partial charge in [-0.3, -0.25) is 10.1 Å². The number of aromatic nitrogens is 2. The van der Waals surface area contributed by atoms with Crippen LogP contribution < -0.4 is 9.80 Å². The molecule has 0 amide bonds. The number of nitro groups is 1. The third-order valence-corrected chi connectivity index (χ3v) is 4.16. The second kappa shape index (κ2) is 9.38. The fourth-order valence-corrected chi connectivity index (χ4v) is 2.96. The lowest BCUT2D eigenvalue weighted by molar-refractivity contribution is -0.383. The van der Waals surface area contributed by atoms with Crippen molar-refractivity contribution >= 4 is 17.3 Å². The molecule has 132 valence electrons. The van der Waals surface area contributed by atoms with Crippen LogP contribution in [0.2, 0.25) is 0 Å². The first-order chi connectivity index (χ1) is 12.2. The zero-order valence-corrected chi connectivity index (χ0v) is 14.1. The van der Waals surface area contributed by atoms with E-state index in [1.54, 1.807) is 4.90 Å². The number of nitrogens with zero attached hydrogens (tertiary/aromatic N) is 7. The second-order valence-electron chi connectivity index (χ2n) is 5.83. The summed E-state index contributed by atoms with van der Waals surface area (Å²) in [6.07, 6.45) is 5.90. The van der Waals surface area contributed by atoms with Gasteiger partial charge in [-0.15, -0.1) is 0 Å². The van der Waals surface area contributed by atoms with Crippen LogP contribution in [0.25, 0.3) is 0 Å². The van der Waals surface area contributed by atoms with Crippen LogP contribution >= 0.6 is 0 Å². The Hall–Kier alpha value is -2.94. The predicted molar refractivity (Wildman–Crippen MR) is 92.0 cm³/mol. The Kier molecular flexibility index (Phi) is 6.90. The van der Waals surface area contributed by atoms with Crippen LogP contribution in [-0.4, -0.2) is 41.1 Å². The van der Waals surface area contributed by atoms with Crippen LogP contribution in [-0.2, 0) is 0 Å². The van der Waals surface area contributed by atoms with Gasteiger partial charge in [0.1, 0.15) is 6.33 Å². The highest BCUT2D eigenvalue weighted by molar-refractivity contribution is 5.71. The minimum absolute atomic E-state index is 0.139. The highest BCUT2D eigenvalue weighted by Gasteiger charge is 2.30. The lowest BCUT2D eigenvalue weighted by Crippen LogP contribution is -2.30. The molecule has 25 heavy (non-hydrogen) atoms. The average Bonchev–Trinajstić information content (AvgIpc) is 2.90. The molecule has 0 aliphatic carbocycles. The molecular formula is C16H21N7O2. The molecule has 0 saturated carbocycles. The molecule has 9 nitrogen and oxygen atoms in total. The normalized spacial score (nSPS) is 14.2. The van der Waals surface area contributed by atoms with Crippen molar-refractivity contribution in [3.8, 4) is 12.1 Å². The Bertz CT molecular complexity index is 654. The number of rotatable bonds is 7. The van der Waals surface area contributed by atoms with E-state index in [0.29, 0.717) is 5.82 Å². The maximum Gasteiger partial charge on any atom is 0.353 e. The molecule has 0 radical (unpaired) electrons. The van der Waals surface area contributed by atoms with E-state index in [1.165, 1.54) is 6.33 Å². The average molecular weight is 343 g/mol. The zero-order chi connectivity index (χ0) is 18.1. The minimum atomic E-state index is -0.457. The monoisotopic (exact) mass is 343 g/mol. The van der Waals surface area contributed by atoms with Gasteiger partial charge in [-0.25, -0.2) is 9.97 Å². The molecule has 2 rings (SSSR count). The molecule has 9 heteroatoms. The van der Waals surface area contributed by atoms with Crippen molar-refractivity contribution < 1.29 is 4.92 Å². The highest BCUT2D eigenvalue weighted by Crippen LogP contribution is 2.35. The van der Waals surface area contributed by atoms with Crippen molar-refractivity contribution in [3.05, 3.63) is 16.4 Å². The van der Waals surface area contributed by atoms with Crippen molar-refractivity contribution in [1.29, 1.82) is 10.5 Å². The van der Waals surface area contributed by atoms with Gasteiger partial charge in [0.05, 0.1) is 29.9 Å². The van der Waals surface area contributed by atoms with Crippen LogP contribution in [0.4, 0.5) is 17.3 Å². The van der Waals surface area contributed by atoms with E-state index in [2.05, 4.69) is 9.97 Å². The van der Waals surface area contributed by atoms with Crippen LogP contribution in [0.15, 0.2) is 6.33 Å². The first-order valence-corrected chi connectivity index (χ1v) is 8.42. The quantitative estimate of drug-likeness (QED) is 0.546. The van der Waals surface area contributed by atoms with Gasteiger partial charge in [-0.05, 0) is 12.8 Å². The van der Waals surface area contributed by atoms with Gasteiger partial charge in [0.15, 0.2) is 0 Å². The molecule has 1 aromatic rings. The molecule has 0 spiro atoms. The number of hydrogen-bond acceptors (Lipinski definition) is 8. The number of nitriles is 2. The summed E-state index contributed by atoms with van der Waals surface area (Å²) in [4.78, 5) is 23.2. The van der Waals surface area contributed by atoms with Crippen molar-refractivity contribution in [1.82, 2.24) is 9.97 Å². The van der Waals surface area contributed by atoms with E-state index >= 15 is 0 Å². The molecule has 2 heterocycles. The third-order valence-electron chi connectivity index (χ3n) is 4.16. The summed E-state index contributed by atoms with van der Waals surface area (Å²) in [6.45, 7) is 2.03. The first kappa shape index (κ1) is 18.4. The van der Waals surface area contributed by atoms with Crippen molar-refractivity contribution in [2.24, 2.45) is 0 Å². The molecule has 1 aliphatic rings. The fourth-order valence-electron chi connectivity index (χ4n) is 2.96. The van der Waals surface area contributed by atoms with Crippen LogP contribution in [0, 0.1) is 32.8 Å². The summed E-state index contributed by atoms with van der Waals surface area (Å²) >= 11 is 0. The molecule has 0 atom stereocenters. The van der Waals surface area contributed by atoms with Crippen molar-refractivity contribution in [2.75, 3.05) is 36.0 Å². The molecule has 0 bridgehead atoms. The van der Waals surface area contributed by atoms with Crippen LogP contribution in [0.3, 0.4) is 0 Å².